The highest BCUT2D eigenvalue weighted by molar-refractivity contribution is 7.93. The maximum Gasteiger partial charge on any atom is 0.327 e. The second kappa shape index (κ2) is 10.7. The van der Waals surface area contributed by atoms with Gasteiger partial charge in [0, 0.05) is 25.2 Å². The molecule has 0 spiro atoms. The number of hydrogen-bond donors (Lipinski definition) is 1. The summed E-state index contributed by atoms with van der Waals surface area (Å²) in [6.45, 7) is 5.69. The summed E-state index contributed by atoms with van der Waals surface area (Å²) in [5.74, 6) is -1.82. The average molecular weight is 549 g/mol. The van der Waals surface area contributed by atoms with Crippen molar-refractivity contribution in [2.24, 2.45) is 0 Å². The van der Waals surface area contributed by atoms with Gasteiger partial charge in [0.25, 0.3) is 10.0 Å². The first-order valence-corrected chi connectivity index (χ1v) is 14.7. The molecule has 2 aliphatic rings. The number of esters is 1. The van der Waals surface area contributed by atoms with E-state index in [1.165, 1.54) is 31.0 Å². The number of ether oxygens (including phenoxy) is 1. The van der Waals surface area contributed by atoms with E-state index in [9.17, 15) is 23.1 Å². The van der Waals surface area contributed by atoms with Gasteiger partial charge in [-0.2, -0.15) is 0 Å². The molecule has 0 aliphatic carbocycles. The van der Waals surface area contributed by atoms with Crippen LogP contribution in [0.1, 0.15) is 48.8 Å². The summed E-state index contributed by atoms with van der Waals surface area (Å²) in [6, 6.07) is 17.8. The molecule has 0 amide bonds. The van der Waals surface area contributed by atoms with E-state index in [0.29, 0.717) is 23.2 Å². The van der Waals surface area contributed by atoms with Gasteiger partial charge in [0.05, 0.1) is 16.5 Å². The van der Waals surface area contributed by atoms with Gasteiger partial charge in [0.1, 0.15) is 11.8 Å². The molecule has 9 heteroatoms. The van der Waals surface area contributed by atoms with Crippen molar-refractivity contribution in [1.82, 2.24) is 0 Å². The van der Waals surface area contributed by atoms with Crippen molar-refractivity contribution in [2.45, 2.75) is 56.4 Å². The maximum atomic E-state index is 13.6. The zero-order valence-corrected chi connectivity index (χ0v) is 22.9. The van der Waals surface area contributed by atoms with Crippen LogP contribution in [0.2, 0.25) is 0 Å². The quantitative estimate of drug-likeness (QED) is 0.315. The summed E-state index contributed by atoms with van der Waals surface area (Å²) < 4.78 is 33.9. The van der Waals surface area contributed by atoms with E-state index in [0.717, 1.165) is 28.6 Å². The van der Waals surface area contributed by atoms with Crippen LogP contribution in [0.25, 0.3) is 0 Å². The van der Waals surface area contributed by atoms with Gasteiger partial charge in [-0.1, -0.05) is 37.3 Å². The third kappa shape index (κ3) is 5.11. The number of anilines is 2. The van der Waals surface area contributed by atoms with Crippen LogP contribution in [0.3, 0.4) is 0 Å². The first kappa shape index (κ1) is 26.7. The van der Waals surface area contributed by atoms with Crippen molar-refractivity contribution < 1.29 is 27.9 Å². The van der Waals surface area contributed by atoms with Crippen molar-refractivity contribution in [3.05, 3.63) is 83.4 Å². The molecule has 0 saturated carbocycles. The van der Waals surface area contributed by atoms with Crippen molar-refractivity contribution in [3.63, 3.8) is 0 Å². The fourth-order valence-electron chi connectivity index (χ4n) is 5.46. The van der Waals surface area contributed by atoms with E-state index < -0.39 is 33.9 Å². The Hall–Kier alpha value is -3.85. The molecule has 5 rings (SSSR count). The number of fused-ring (bicyclic) bond motifs is 1. The number of aliphatic carboxylic acids is 1. The van der Waals surface area contributed by atoms with E-state index >= 15 is 0 Å². The Morgan fingerprint density at radius 1 is 1.03 bits per heavy atom. The zero-order chi connectivity index (χ0) is 27.7. The highest BCUT2D eigenvalue weighted by atomic mass is 32.2. The van der Waals surface area contributed by atoms with Gasteiger partial charge in [-0.15, -0.1) is 0 Å². The van der Waals surface area contributed by atoms with Crippen LogP contribution >= 0.6 is 0 Å². The number of aryl methyl sites for hydroxylation is 1. The van der Waals surface area contributed by atoms with Crippen molar-refractivity contribution >= 4 is 33.3 Å². The fraction of sp³-hybridized carbons (Fsp3) is 0.333. The Morgan fingerprint density at radius 2 is 1.72 bits per heavy atom. The summed E-state index contributed by atoms with van der Waals surface area (Å²) >= 11 is 0. The molecule has 1 fully saturated rings. The van der Waals surface area contributed by atoms with Crippen LogP contribution in [-0.2, 0) is 26.0 Å². The van der Waals surface area contributed by atoms with Crippen molar-refractivity contribution in [2.75, 3.05) is 22.3 Å². The summed E-state index contributed by atoms with van der Waals surface area (Å²) in [5.41, 5.74) is 3.50. The lowest BCUT2D eigenvalue weighted by Crippen LogP contribution is -2.42. The Balaban J connectivity index is 1.35. The summed E-state index contributed by atoms with van der Waals surface area (Å²) in [7, 11) is -4.18. The number of carbonyl (C=O) groups is 2. The van der Waals surface area contributed by atoms with Crippen molar-refractivity contribution in [3.8, 4) is 5.75 Å². The molecule has 1 saturated heterocycles. The summed E-state index contributed by atoms with van der Waals surface area (Å²) in [5, 5.41) is 9.74. The van der Waals surface area contributed by atoms with Gasteiger partial charge in [-0.3, -0.25) is 9.10 Å². The fourth-order valence-corrected chi connectivity index (χ4v) is 7.19. The topological polar surface area (TPSA) is 104 Å². The van der Waals surface area contributed by atoms with E-state index in [2.05, 4.69) is 4.90 Å². The number of rotatable bonds is 8. The Labute approximate surface area is 228 Å². The maximum absolute atomic E-state index is 13.6. The van der Waals surface area contributed by atoms with Gasteiger partial charge < -0.3 is 14.7 Å². The Bertz CT molecular complexity index is 1500. The van der Waals surface area contributed by atoms with Gasteiger partial charge in [0.2, 0.25) is 0 Å². The van der Waals surface area contributed by atoms with E-state index in [4.69, 9.17) is 4.74 Å². The minimum atomic E-state index is -4.18. The number of nitrogens with zero attached hydrogens (tertiary/aromatic N) is 2. The molecular formula is C30H32N2O6S. The minimum Gasteiger partial charge on any atom is -0.480 e. The van der Waals surface area contributed by atoms with E-state index in [-0.39, 0.29) is 17.1 Å². The minimum absolute atomic E-state index is 0.0627. The normalized spacial score (nSPS) is 17.6. The number of carboxylic acids is 1. The third-order valence-corrected chi connectivity index (χ3v) is 9.40. The van der Waals surface area contributed by atoms with Crippen LogP contribution in [0.15, 0.2) is 71.6 Å². The van der Waals surface area contributed by atoms with Crippen LogP contribution < -0.4 is 13.9 Å². The molecule has 0 aromatic heterocycles. The molecule has 0 radical (unpaired) electrons. The zero-order valence-electron chi connectivity index (χ0n) is 22.0. The van der Waals surface area contributed by atoms with Gasteiger partial charge in [-0.25, -0.2) is 13.2 Å². The molecule has 3 aromatic carbocycles. The largest absolute Gasteiger partial charge is 0.480 e. The lowest BCUT2D eigenvalue weighted by atomic mass is 9.96. The Kier molecular flexibility index (Phi) is 7.36. The summed E-state index contributed by atoms with van der Waals surface area (Å²) in [4.78, 5) is 27.4. The van der Waals surface area contributed by atoms with E-state index in [1.807, 2.05) is 31.2 Å². The summed E-state index contributed by atoms with van der Waals surface area (Å²) in [6.07, 6.45) is 3.03. The number of benzene rings is 3. The molecule has 2 heterocycles. The van der Waals surface area contributed by atoms with Crippen LogP contribution in [-0.4, -0.2) is 44.6 Å². The number of sulfonamides is 1. The first-order chi connectivity index (χ1) is 18.7. The molecule has 3 aromatic rings. The highest BCUT2D eigenvalue weighted by Gasteiger charge is 2.42. The van der Waals surface area contributed by atoms with Gasteiger partial charge in [0.15, 0.2) is 0 Å². The van der Waals surface area contributed by atoms with Gasteiger partial charge in [-0.05, 0) is 79.3 Å². The molecule has 2 unspecified atom stereocenters. The van der Waals surface area contributed by atoms with Gasteiger partial charge >= 0.3 is 11.9 Å². The SMILES string of the molecule is CCC(C(=O)Oc1ccc(S(=O)(=O)N2c3ccccc3CC2C(=O)O)cc1C)c1ccc(N2CCCC2)cc1. The predicted octanol–water partition coefficient (Wildman–Crippen LogP) is 4.90. The number of hydrogen-bond acceptors (Lipinski definition) is 6. The molecule has 8 nitrogen and oxygen atoms in total. The molecule has 39 heavy (non-hydrogen) atoms. The smallest absolute Gasteiger partial charge is 0.327 e. The van der Waals surface area contributed by atoms with Crippen LogP contribution in [0.5, 0.6) is 5.75 Å². The predicted molar refractivity (Wildman–Crippen MR) is 149 cm³/mol. The first-order valence-electron chi connectivity index (χ1n) is 13.2. The number of para-hydroxylation sites is 1. The molecule has 2 aliphatic heterocycles. The molecular weight excluding hydrogens is 516 g/mol. The third-order valence-electron chi connectivity index (χ3n) is 7.58. The molecule has 0 bridgehead atoms. The Morgan fingerprint density at radius 3 is 2.36 bits per heavy atom. The second-order valence-corrected chi connectivity index (χ2v) is 11.9. The lowest BCUT2D eigenvalue weighted by molar-refractivity contribution is -0.138. The molecule has 1 N–H and O–H groups in total. The van der Waals surface area contributed by atoms with Crippen LogP contribution in [0.4, 0.5) is 11.4 Å². The lowest BCUT2D eigenvalue weighted by Gasteiger charge is -2.24. The molecule has 2 atom stereocenters. The second-order valence-electron chi connectivity index (χ2n) is 10.1. The number of carbonyl (C=O) groups excluding carboxylic acids is 1. The standard InChI is InChI=1S/C30H32N2O6S/c1-3-25(21-10-12-23(13-11-21)31-16-6-7-17-31)30(35)38-28-15-14-24(18-20(28)2)39(36,37)32-26-9-5-4-8-22(26)19-27(32)29(33)34/h4-5,8-15,18,25,27H,3,6-7,16-17,19H2,1-2H3,(H,33,34). The van der Waals surface area contributed by atoms with Crippen LogP contribution in [0, 0.1) is 6.92 Å². The number of carboxylic acid groups (broad SMARTS) is 1. The monoisotopic (exact) mass is 548 g/mol. The highest BCUT2D eigenvalue weighted by Crippen LogP contribution is 2.38. The molecule has 204 valence electrons. The van der Waals surface area contributed by atoms with Crippen molar-refractivity contribution in [1.29, 1.82) is 0 Å². The van der Waals surface area contributed by atoms with E-state index in [1.54, 1.807) is 31.2 Å². The average Bonchev–Trinajstić information content (AvgIpc) is 3.59.